The minimum absolute atomic E-state index is 1.27. The van der Waals surface area contributed by atoms with E-state index in [4.69, 9.17) is 0 Å². The number of thiophene rings is 2. The van der Waals surface area contributed by atoms with Crippen LogP contribution in [0.1, 0.15) is 76.3 Å². The third-order valence-electron chi connectivity index (χ3n) is 5.09. The number of aryl methyl sites for hydroxylation is 2. The van der Waals surface area contributed by atoms with E-state index in [0.717, 1.165) is 0 Å². The summed E-state index contributed by atoms with van der Waals surface area (Å²) in [6.07, 6.45) is 13.4. The molecule has 0 saturated heterocycles. The minimum atomic E-state index is 1.27. The molecule has 2 heterocycles. The van der Waals surface area contributed by atoms with E-state index in [1.807, 2.05) is 22.7 Å². The predicted octanol–water partition coefficient (Wildman–Crippen LogP) is 8.36. The van der Waals surface area contributed by atoms with Gasteiger partial charge in [0.1, 0.15) is 0 Å². The first kappa shape index (κ1) is 17.9. The van der Waals surface area contributed by atoms with E-state index >= 15 is 0 Å². The summed E-state index contributed by atoms with van der Waals surface area (Å²) in [5.41, 5.74) is 3.37. The van der Waals surface area contributed by atoms with Gasteiger partial charge in [-0.05, 0) is 59.7 Å². The molecule has 2 aromatic heterocycles. The molecule has 3 aromatic rings. The Kier molecular flexibility index (Phi) is 6.74. The summed E-state index contributed by atoms with van der Waals surface area (Å²) in [6.45, 7) is 4.60. The topological polar surface area (TPSA) is 0 Å². The largest absolute Gasteiger partial charge is 0.143 e. The molecule has 0 aliphatic carbocycles. The fourth-order valence-electron chi connectivity index (χ4n) is 3.77. The van der Waals surface area contributed by atoms with Gasteiger partial charge in [-0.15, -0.1) is 22.7 Å². The molecular formula is C22H30S2. The average molecular weight is 359 g/mol. The molecule has 1 aromatic carbocycles. The Bertz CT molecular complexity index is 697. The van der Waals surface area contributed by atoms with Crippen LogP contribution < -0.4 is 0 Å². The van der Waals surface area contributed by atoms with Crippen molar-refractivity contribution in [1.29, 1.82) is 0 Å². The number of fused-ring (bicyclic) bond motifs is 3. The van der Waals surface area contributed by atoms with Gasteiger partial charge >= 0.3 is 0 Å². The fraction of sp³-hybridized carbons (Fsp3) is 0.545. The van der Waals surface area contributed by atoms with Crippen LogP contribution in [0.2, 0.25) is 0 Å². The normalized spacial score (nSPS) is 11.8. The van der Waals surface area contributed by atoms with Crippen LogP contribution in [-0.4, -0.2) is 0 Å². The zero-order chi connectivity index (χ0) is 16.8. The van der Waals surface area contributed by atoms with Gasteiger partial charge in [0.2, 0.25) is 0 Å². The van der Waals surface area contributed by atoms with Crippen molar-refractivity contribution in [2.45, 2.75) is 78.1 Å². The third-order valence-corrected chi connectivity index (χ3v) is 7.04. The summed E-state index contributed by atoms with van der Waals surface area (Å²) in [4.78, 5) is 0. The molecule has 0 spiro atoms. The number of hydrogen-bond acceptors (Lipinski definition) is 2. The second-order valence-electron chi connectivity index (χ2n) is 6.91. The van der Waals surface area contributed by atoms with Gasteiger partial charge in [0.05, 0.1) is 0 Å². The molecule has 0 atom stereocenters. The average Bonchev–Trinajstić information content (AvgIpc) is 3.24. The predicted molar refractivity (Wildman–Crippen MR) is 113 cm³/mol. The van der Waals surface area contributed by atoms with Crippen molar-refractivity contribution in [3.05, 3.63) is 34.0 Å². The Balaban J connectivity index is 1.94. The molecule has 0 aliphatic heterocycles. The SMILES string of the molecule is CCCCCCc1c(CCCCCC)c2sccc2c2ccsc12. The number of benzene rings is 1. The molecule has 0 saturated carbocycles. The lowest BCUT2D eigenvalue weighted by Crippen LogP contribution is -1.97. The van der Waals surface area contributed by atoms with Gasteiger partial charge in [-0.3, -0.25) is 0 Å². The molecule has 0 unspecified atom stereocenters. The smallest absolute Gasteiger partial charge is 0.0384 e. The second kappa shape index (κ2) is 9.01. The molecular weight excluding hydrogens is 328 g/mol. The third kappa shape index (κ3) is 3.86. The van der Waals surface area contributed by atoms with E-state index in [0.29, 0.717) is 0 Å². The highest BCUT2D eigenvalue weighted by Gasteiger charge is 2.15. The van der Waals surface area contributed by atoms with Crippen molar-refractivity contribution in [3.8, 4) is 0 Å². The summed E-state index contributed by atoms with van der Waals surface area (Å²) in [7, 11) is 0. The Labute approximate surface area is 154 Å². The molecule has 24 heavy (non-hydrogen) atoms. The maximum atomic E-state index is 2.34. The monoisotopic (exact) mass is 358 g/mol. The van der Waals surface area contributed by atoms with E-state index in [1.165, 1.54) is 75.0 Å². The Morgan fingerprint density at radius 3 is 1.50 bits per heavy atom. The van der Waals surface area contributed by atoms with Gasteiger partial charge in [-0.25, -0.2) is 0 Å². The highest BCUT2D eigenvalue weighted by Crippen LogP contribution is 2.40. The molecule has 0 radical (unpaired) electrons. The molecule has 0 N–H and O–H groups in total. The fourth-order valence-corrected chi connectivity index (χ4v) is 5.80. The summed E-state index contributed by atoms with van der Waals surface area (Å²) in [6, 6.07) is 4.68. The molecule has 0 amide bonds. The van der Waals surface area contributed by atoms with Crippen molar-refractivity contribution in [2.24, 2.45) is 0 Å². The molecule has 3 rings (SSSR count). The number of rotatable bonds is 10. The lowest BCUT2D eigenvalue weighted by atomic mass is 9.94. The van der Waals surface area contributed by atoms with Gasteiger partial charge in [-0.2, -0.15) is 0 Å². The van der Waals surface area contributed by atoms with Gasteiger partial charge in [-0.1, -0.05) is 52.4 Å². The van der Waals surface area contributed by atoms with Crippen LogP contribution in [-0.2, 0) is 12.8 Å². The van der Waals surface area contributed by atoms with Crippen molar-refractivity contribution >= 4 is 42.8 Å². The zero-order valence-corrected chi connectivity index (χ0v) is 16.8. The van der Waals surface area contributed by atoms with Crippen molar-refractivity contribution < 1.29 is 0 Å². The van der Waals surface area contributed by atoms with Crippen LogP contribution in [0.4, 0.5) is 0 Å². The standard InChI is InChI=1S/C22H30S2/c1-3-5-7-9-11-17-18(12-10-8-6-4-2)22-20(14-16-24-22)19-13-15-23-21(17)19/h13-16H,3-12H2,1-2H3. The molecule has 130 valence electrons. The first-order valence-electron chi connectivity index (χ1n) is 9.74. The van der Waals surface area contributed by atoms with E-state index in [2.05, 4.69) is 36.7 Å². The number of unbranched alkanes of at least 4 members (excludes halogenated alkanes) is 6. The van der Waals surface area contributed by atoms with Crippen LogP contribution >= 0.6 is 22.7 Å². The molecule has 2 heteroatoms. The summed E-state index contributed by atoms with van der Waals surface area (Å²) in [5, 5.41) is 7.58. The first-order valence-corrected chi connectivity index (χ1v) is 11.5. The first-order chi connectivity index (χ1) is 11.9. The summed E-state index contributed by atoms with van der Waals surface area (Å²) < 4.78 is 3.14. The Hall–Kier alpha value is -0.860. The van der Waals surface area contributed by atoms with Crippen LogP contribution in [0.5, 0.6) is 0 Å². The molecule has 0 fully saturated rings. The highest BCUT2D eigenvalue weighted by atomic mass is 32.1. The van der Waals surface area contributed by atoms with Gasteiger partial charge in [0.25, 0.3) is 0 Å². The molecule has 0 nitrogen and oxygen atoms in total. The van der Waals surface area contributed by atoms with E-state index < -0.39 is 0 Å². The van der Waals surface area contributed by atoms with Crippen molar-refractivity contribution in [1.82, 2.24) is 0 Å². The molecule has 0 bridgehead atoms. The summed E-state index contributed by atoms with van der Waals surface area (Å²) >= 11 is 3.92. The second-order valence-corrected chi connectivity index (χ2v) is 8.74. The van der Waals surface area contributed by atoms with Gasteiger partial charge < -0.3 is 0 Å². The Morgan fingerprint density at radius 2 is 1.08 bits per heavy atom. The highest BCUT2D eigenvalue weighted by molar-refractivity contribution is 7.19. The van der Waals surface area contributed by atoms with Crippen LogP contribution in [0, 0.1) is 0 Å². The lowest BCUT2D eigenvalue weighted by molar-refractivity contribution is 0.654. The quantitative estimate of drug-likeness (QED) is 0.319. The van der Waals surface area contributed by atoms with Gasteiger partial charge in [0, 0.05) is 20.2 Å². The van der Waals surface area contributed by atoms with E-state index in [-0.39, 0.29) is 0 Å². The number of hydrogen-bond donors (Lipinski definition) is 0. The molecule has 0 aliphatic rings. The van der Waals surface area contributed by atoms with E-state index in [9.17, 15) is 0 Å². The van der Waals surface area contributed by atoms with Crippen LogP contribution in [0.25, 0.3) is 20.2 Å². The van der Waals surface area contributed by atoms with Crippen LogP contribution in [0.15, 0.2) is 22.9 Å². The van der Waals surface area contributed by atoms with Crippen molar-refractivity contribution in [2.75, 3.05) is 0 Å². The maximum absolute atomic E-state index is 2.34. The van der Waals surface area contributed by atoms with Crippen molar-refractivity contribution in [3.63, 3.8) is 0 Å². The van der Waals surface area contributed by atoms with Crippen LogP contribution in [0.3, 0.4) is 0 Å². The Morgan fingerprint density at radius 1 is 0.625 bits per heavy atom. The minimum Gasteiger partial charge on any atom is -0.143 e. The van der Waals surface area contributed by atoms with E-state index in [1.54, 1.807) is 20.5 Å². The zero-order valence-electron chi connectivity index (χ0n) is 15.2. The summed E-state index contributed by atoms with van der Waals surface area (Å²) in [5.74, 6) is 0. The maximum Gasteiger partial charge on any atom is 0.0384 e. The van der Waals surface area contributed by atoms with Gasteiger partial charge in [0.15, 0.2) is 0 Å². The lowest BCUT2D eigenvalue weighted by Gasteiger charge is -2.13.